The van der Waals surface area contributed by atoms with Crippen LogP contribution < -0.4 is 15.4 Å². The summed E-state index contributed by atoms with van der Waals surface area (Å²) in [6.45, 7) is -1.54. The molecule has 0 aliphatic heterocycles. The molecule has 4 nitrogen and oxygen atoms in total. The average molecular weight is 283 g/mol. The van der Waals surface area contributed by atoms with E-state index in [-0.39, 0.29) is 5.75 Å². The third-order valence-electron chi connectivity index (χ3n) is 3.11. The van der Waals surface area contributed by atoms with Gasteiger partial charge in [0.15, 0.2) is 5.96 Å². The van der Waals surface area contributed by atoms with Crippen LogP contribution in [0.1, 0.15) is 18.4 Å². The second kappa shape index (κ2) is 7.07. The fourth-order valence-electron chi connectivity index (χ4n) is 1.82. The first-order valence-electron chi connectivity index (χ1n) is 6.66. The number of guanidine groups is 1. The number of benzene rings is 1. The topological polar surface area (TPSA) is 45.7 Å². The minimum atomic E-state index is -2.82. The second-order valence-electron chi connectivity index (χ2n) is 4.74. The van der Waals surface area contributed by atoms with Crippen LogP contribution in [0.3, 0.4) is 0 Å². The summed E-state index contributed by atoms with van der Waals surface area (Å²) in [5.41, 5.74) is 0.669. The van der Waals surface area contributed by atoms with Crippen molar-refractivity contribution in [1.82, 2.24) is 10.6 Å². The van der Waals surface area contributed by atoms with E-state index in [1.807, 2.05) is 0 Å². The lowest BCUT2D eigenvalue weighted by Gasteiger charge is -2.14. The second-order valence-corrected chi connectivity index (χ2v) is 4.74. The highest BCUT2D eigenvalue weighted by atomic mass is 19.3. The van der Waals surface area contributed by atoms with Gasteiger partial charge in [0.2, 0.25) is 0 Å². The van der Waals surface area contributed by atoms with Gasteiger partial charge in [0.1, 0.15) is 5.75 Å². The monoisotopic (exact) mass is 283 g/mol. The van der Waals surface area contributed by atoms with E-state index in [0.717, 1.165) is 12.5 Å². The number of nitrogens with zero attached hydrogens (tertiary/aromatic N) is 1. The summed E-state index contributed by atoms with van der Waals surface area (Å²) in [6.07, 6.45) is 2.52. The van der Waals surface area contributed by atoms with Crippen molar-refractivity contribution < 1.29 is 13.5 Å². The molecule has 0 atom stereocenters. The van der Waals surface area contributed by atoms with Crippen LogP contribution in [-0.4, -0.2) is 26.2 Å². The first-order valence-corrected chi connectivity index (χ1v) is 6.66. The van der Waals surface area contributed by atoms with Crippen molar-refractivity contribution in [3.8, 4) is 5.75 Å². The molecule has 0 amide bonds. The van der Waals surface area contributed by atoms with E-state index in [1.54, 1.807) is 25.2 Å². The van der Waals surface area contributed by atoms with Crippen LogP contribution in [0, 0.1) is 5.92 Å². The molecule has 2 N–H and O–H groups in total. The lowest BCUT2D eigenvalue weighted by Crippen LogP contribution is -2.37. The Balaban J connectivity index is 1.88. The van der Waals surface area contributed by atoms with Crippen LogP contribution in [0.5, 0.6) is 5.75 Å². The summed E-state index contributed by atoms with van der Waals surface area (Å²) in [7, 11) is 1.68. The number of alkyl halides is 2. The van der Waals surface area contributed by atoms with Gasteiger partial charge < -0.3 is 15.4 Å². The van der Waals surface area contributed by atoms with Crippen molar-refractivity contribution in [3.63, 3.8) is 0 Å². The molecule has 0 spiro atoms. The number of nitrogens with one attached hydrogen (secondary N) is 2. The normalized spacial score (nSPS) is 15.3. The van der Waals surface area contributed by atoms with Crippen LogP contribution >= 0.6 is 0 Å². The minimum Gasteiger partial charge on any atom is -0.434 e. The van der Waals surface area contributed by atoms with Gasteiger partial charge in [-0.05, 0) is 24.8 Å². The van der Waals surface area contributed by atoms with E-state index in [9.17, 15) is 8.78 Å². The summed E-state index contributed by atoms with van der Waals surface area (Å²) in [6, 6.07) is 6.74. The molecule has 0 radical (unpaired) electrons. The first kappa shape index (κ1) is 14.6. The highest BCUT2D eigenvalue weighted by Gasteiger charge is 2.21. The first-order chi connectivity index (χ1) is 9.69. The quantitative estimate of drug-likeness (QED) is 0.622. The summed E-state index contributed by atoms with van der Waals surface area (Å²) >= 11 is 0. The van der Waals surface area contributed by atoms with Gasteiger partial charge in [-0.2, -0.15) is 8.78 Å². The van der Waals surface area contributed by atoms with Crippen LogP contribution in [0.25, 0.3) is 0 Å². The highest BCUT2D eigenvalue weighted by molar-refractivity contribution is 5.79. The molecule has 110 valence electrons. The van der Waals surface area contributed by atoms with E-state index in [0.29, 0.717) is 18.1 Å². The Hall–Kier alpha value is -1.85. The average Bonchev–Trinajstić information content (AvgIpc) is 3.24. The van der Waals surface area contributed by atoms with Gasteiger partial charge in [0.05, 0.1) is 0 Å². The van der Waals surface area contributed by atoms with Crippen LogP contribution in [-0.2, 0) is 6.54 Å². The van der Waals surface area contributed by atoms with Crippen molar-refractivity contribution in [2.24, 2.45) is 10.9 Å². The Morgan fingerprint density at radius 3 is 2.75 bits per heavy atom. The van der Waals surface area contributed by atoms with Gasteiger partial charge in [-0.25, -0.2) is 0 Å². The third kappa shape index (κ3) is 4.68. The Bertz CT molecular complexity index is 461. The predicted octanol–water partition coefficient (Wildman–Crippen LogP) is 2.36. The lowest BCUT2D eigenvalue weighted by atomic mass is 10.2. The third-order valence-corrected chi connectivity index (χ3v) is 3.11. The smallest absolute Gasteiger partial charge is 0.387 e. The fraction of sp³-hybridized carbons (Fsp3) is 0.500. The van der Waals surface area contributed by atoms with E-state index in [1.165, 1.54) is 18.9 Å². The molecule has 1 aliphatic carbocycles. The van der Waals surface area contributed by atoms with Gasteiger partial charge in [0, 0.05) is 25.7 Å². The van der Waals surface area contributed by atoms with Crippen LogP contribution in [0.15, 0.2) is 29.3 Å². The molecule has 2 rings (SSSR count). The van der Waals surface area contributed by atoms with Gasteiger partial charge in [-0.15, -0.1) is 0 Å². The van der Waals surface area contributed by atoms with E-state index in [4.69, 9.17) is 0 Å². The molecule has 1 aromatic carbocycles. The summed E-state index contributed by atoms with van der Waals surface area (Å²) in [5, 5.41) is 6.31. The molecular formula is C14H19F2N3O. The highest BCUT2D eigenvalue weighted by Crippen LogP contribution is 2.27. The maximum atomic E-state index is 12.3. The maximum Gasteiger partial charge on any atom is 0.387 e. The number of ether oxygens (including phenoxy) is 1. The zero-order valence-electron chi connectivity index (χ0n) is 11.4. The van der Waals surface area contributed by atoms with Gasteiger partial charge in [-0.3, -0.25) is 4.99 Å². The van der Waals surface area contributed by atoms with Crippen molar-refractivity contribution in [1.29, 1.82) is 0 Å². The number of aliphatic imine (C=N–C) groups is 1. The Kier molecular flexibility index (Phi) is 5.15. The van der Waals surface area contributed by atoms with Crippen molar-refractivity contribution in [2.45, 2.75) is 26.0 Å². The van der Waals surface area contributed by atoms with Crippen molar-refractivity contribution in [3.05, 3.63) is 29.8 Å². The molecule has 0 bridgehead atoms. The fourth-order valence-corrected chi connectivity index (χ4v) is 1.82. The summed E-state index contributed by atoms with van der Waals surface area (Å²) < 4.78 is 29.1. The molecular weight excluding hydrogens is 264 g/mol. The summed E-state index contributed by atoms with van der Waals surface area (Å²) in [4.78, 5) is 4.10. The molecule has 1 aliphatic rings. The predicted molar refractivity (Wildman–Crippen MR) is 74.0 cm³/mol. The molecule has 0 heterocycles. The molecule has 1 aromatic rings. The standard InChI is InChI=1S/C14H19F2N3O/c1-17-14(18-8-10-6-7-10)19-9-11-4-2-3-5-12(11)20-13(15)16/h2-5,10,13H,6-9H2,1H3,(H2,17,18,19). The molecule has 0 unspecified atom stereocenters. The van der Waals surface area contributed by atoms with E-state index in [2.05, 4.69) is 20.4 Å². The number of hydrogen-bond acceptors (Lipinski definition) is 2. The largest absolute Gasteiger partial charge is 0.434 e. The molecule has 6 heteroatoms. The molecule has 0 saturated heterocycles. The zero-order chi connectivity index (χ0) is 14.4. The lowest BCUT2D eigenvalue weighted by molar-refractivity contribution is -0.0504. The molecule has 1 fully saturated rings. The SMILES string of the molecule is CN=C(NCc1ccccc1OC(F)F)NCC1CC1. The van der Waals surface area contributed by atoms with Crippen molar-refractivity contribution >= 4 is 5.96 Å². The molecule has 0 aromatic heterocycles. The maximum absolute atomic E-state index is 12.3. The van der Waals surface area contributed by atoms with Crippen LogP contribution in [0.4, 0.5) is 8.78 Å². The Morgan fingerprint density at radius 1 is 1.35 bits per heavy atom. The number of hydrogen-bond donors (Lipinski definition) is 2. The molecule has 1 saturated carbocycles. The molecule has 20 heavy (non-hydrogen) atoms. The van der Waals surface area contributed by atoms with E-state index >= 15 is 0 Å². The minimum absolute atomic E-state index is 0.188. The van der Waals surface area contributed by atoms with Gasteiger partial charge in [-0.1, -0.05) is 18.2 Å². The zero-order valence-corrected chi connectivity index (χ0v) is 11.4. The number of halogens is 2. The Labute approximate surface area is 117 Å². The number of rotatable bonds is 6. The Morgan fingerprint density at radius 2 is 2.10 bits per heavy atom. The van der Waals surface area contributed by atoms with Gasteiger partial charge in [0.25, 0.3) is 0 Å². The van der Waals surface area contributed by atoms with Crippen molar-refractivity contribution in [2.75, 3.05) is 13.6 Å². The summed E-state index contributed by atoms with van der Waals surface area (Å²) in [5.74, 6) is 1.60. The van der Waals surface area contributed by atoms with Crippen LogP contribution in [0.2, 0.25) is 0 Å². The number of para-hydroxylation sites is 1. The van der Waals surface area contributed by atoms with E-state index < -0.39 is 6.61 Å². The van der Waals surface area contributed by atoms with Gasteiger partial charge >= 0.3 is 6.61 Å².